The second-order valence-corrected chi connectivity index (χ2v) is 5.76. The van der Waals surface area contributed by atoms with E-state index < -0.39 is 5.92 Å². The van der Waals surface area contributed by atoms with Gasteiger partial charge in [0.25, 0.3) is 5.91 Å². The molecule has 2 aromatic rings. The summed E-state index contributed by atoms with van der Waals surface area (Å²) in [5.74, 6) is -0.566. The molecule has 6 nitrogen and oxygen atoms in total. The van der Waals surface area contributed by atoms with E-state index >= 15 is 0 Å². The van der Waals surface area contributed by atoms with Crippen LogP contribution in [0.4, 0.5) is 0 Å². The van der Waals surface area contributed by atoms with E-state index in [1.807, 2.05) is 37.3 Å². The molecule has 0 aliphatic carbocycles. The lowest BCUT2D eigenvalue weighted by molar-refractivity contribution is -0.147. The van der Waals surface area contributed by atoms with E-state index in [0.29, 0.717) is 36.5 Å². The van der Waals surface area contributed by atoms with E-state index in [1.165, 1.54) is 0 Å². The number of nitrogens with zero attached hydrogens (tertiary/aromatic N) is 1. The number of hydrogen-bond donors (Lipinski definition) is 1. The van der Waals surface area contributed by atoms with Gasteiger partial charge >= 0.3 is 5.97 Å². The average molecular weight is 344 g/mol. The van der Waals surface area contributed by atoms with Crippen molar-refractivity contribution in [1.29, 1.82) is 0 Å². The molecule has 0 bridgehead atoms. The van der Waals surface area contributed by atoms with E-state index in [1.54, 1.807) is 13.8 Å². The van der Waals surface area contributed by atoms with Gasteiger partial charge in [-0.2, -0.15) is 0 Å². The molecule has 0 saturated heterocycles. The first-order valence-corrected chi connectivity index (χ1v) is 8.50. The molecule has 6 heteroatoms. The van der Waals surface area contributed by atoms with Crippen molar-refractivity contribution in [2.75, 3.05) is 13.2 Å². The summed E-state index contributed by atoms with van der Waals surface area (Å²) in [4.78, 5) is 24.7. The fraction of sp³-hybridized carbons (Fsp3) is 0.421. The minimum atomic E-state index is -0.448. The monoisotopic (exact) mass is 344 g/mol. The third kappa shape index (κ3) is 4.92. The third-order valence-corrected chi connectivity index (χ3v) is 3.95. The van der Waals surface area contributed by atoms with Gasteiger partial charge in [-0.1, -0.05) is 42.4 Å². The zero-order chi connectivity index (χ0) is 18.2. The predicted molar refractivity (Wildman–Crippen MR) is 93.2 cm³/mol. The van der Waals surface area contributed by atoms with Crippen LogP contribution in [0, 0.1) is 12.8 Å². The van der Waals surface area contributed by atoms with Crippen molar-refractivity contribution in [3.05, 3.63) is 52.9 Å². The molecule has 134 valence electrons. The van der Waals surface area contributed by atoms with Crippen molar-refractivity contribution in [1.82, 2.24) is 10.5 Å². The molecule has 0 saturated carbocycles. The van der Waals surface area contributed by atoms with Gasteiger partial charge in [0.1, 0.15) is 11.3 Å². The van der Waals surface area contributed by atoms with E-state index in [0.717, 1.165) is 5.56 Å². The normalized spacial score (nSPS) is 11.8. The Hall–Kier alpha value is -2.63. The number of nitrogens with one attached hydrogen (secondary N) is 1. The maximum Gasteiger partial charge on any atom is 0.311 e. The summed E-state index contributed by atoms with van der Waals surface area (Å²) in [6.07, 6.45) is 1.11. The van der Waals surface area contributed by atoms with Gasteiger partial charge in [0, 0.05) is 6.54 Å². The van der Waals surface area contributed by atoms with Crippen molar-refractivity contribution >= 4 is 11.9 Å². The molecular formula is C19H24N2O4. The number of carbonyl (C=O) groups is 2. The van der Waals surface area contributed by atoms with Crippen molar-refractivity contribution in [3.8, 4) is 0 Å². The number of esters is 1. The van der Waals surface area contributed by atoms with Gasteiger partial charge in [0.2, 0.25) is 0 Å². The van der Waals surface area contributed by atoms with Crippen LogP contribution >= 0.6 is 0 Å². The van der Waals surface area contributed by atoms with Crippen LogP contribution in [0.25, 0.3) is 0 Å². The molecular weight excluding hydrogens is 320 g/mol. The molecule has 1 atom stereocenters. The first-order valence-electron chi connectivity index (χ1n) is 8.50. The van der Waals surface area contributed by atoms with E-state index in [-0.39, 0.29) is 18.4 Å². The summed E-state index contributed by atoms with van der Waals surface area (Å²) in [5, 5.41) is 6.71. The van der Waals surface area contributed by atoms with Crippen molar-refractivity contribution < 1.29 is 18.8 Å². The Balaban J connectivity index is 2.07. The highest BCUT2D eigenvalue weighted by Crippen LogP contribution is 2.15. The Morgan fingerprint density at radius 1 is 1.24 bits per heavy atom. The van der Waals surface area contributed by atoms with Crippen LogP contribution in [0.5, 0.6) is 0 Å². The second kappa shape index (κ2) is 9.01. The van der Waals surface area contributed by atoms with Gasteiger partial charge in [-0.3, -0.25) is 9.59 Å². The smallest absolute Gasteiger partial charge is 0.311 e. The summed E-state index contributed by atoms with van der Waals surface area (Å²) in [7, 11) is 0. The fourth-order valence-corrected chi connectivity index (χ4v) is 2.65. The summed E-state index contributed by atoms with van der Waals surface area (Å²) in [6.45, 7) is 5.88. The average Bonchev–Trinajstić information content (AvgIpc) is 3.00. The fourth-order valence-electron chi connectivity index (χ4n) is 2.65. The molecule has 0 aliphatic rings. The van der Waals surface area contributed by atoms with Crippen LogP contribution in [-0.4, -0.2) is 30.2 Å². The zero-order valence-electron chi connectivity index (χ0n) is 14.9. The lowest BCUT2D eigenvalue weighted by Crippen LogP contribution is -2.35. The largest absolute Gasteiger partial charge is 0.466 e. The number of rotatable bonds is 8. The summed E-state index contributed by atoms with van der Waals surface area (Å²) < 4.78 is 10.2. The first kappa shape index (κ1) is 18.7. The van der Waals surface area contributed by atoms with Gasteiger partial charge in [0.05, 0.1) is 18.2 Å². The van der Waals surface area contributed by atoms with E-state index in [9.17, 15) is 9.59 Å². The minimum absolute atomic E-state index is 0.195. The van der Waals surface area contributed by atoms with Gasteiger partial charge in [0.15, 0.2) is 0 Å². The summed E-state index contributed by atoms with van der Waals surface area (Å²) in [5.41, 5.74) is 2.08. The van der Waals surface area contributed by atoms with Gasteiger partial charge < -0.3 is 14.6 Å². The standard InChI is InChI=1S/C19H24N2O4/c1-4-16-17(13(3)25-21-16)18(22)20-12-15(19(23)24-5-2)11-14-9-7-6-8-10-14/h6-10,15H,4-5,11-12H2,1-3H3,(H,20,22). The molecule has 25 heavy (non-hydrogen) atoms. The Morgan fingerprint density at radius 3 is 2.60 bits per heavy atom. The Labute approximate surface area is 147 Å². The molecule has 1 aromatic carbocycles. The number of amides is 1. The first-order chi connectivity index (χ1) is 12.1. The number of carbonyl (C=O) groups excluding carboxylic acids is 2. The van der Waals surface area contributed by atoms with Gasteiger partial charge in [-0.15, -0.1) is 0 Å². The van der Waals surface area contributed by atoms with E-state index in [4.69, 9.17) is 9.26 Å². The summed E-state index contributed by atoms with van der Waals surface area (Å²) in [6, 6.07) is 9.67. The molecule has 1 N–H and O–H groups in total. The van der Waals surface area contributed by atoms with Crippen LogP contribution in [0.1, 0.15) is 41.2 Å². The molecule has 1 amide bonds. The number of aromatic nitrogens is 1. The Morgan fingerprint density at radius 2 is 1.96 bits per heavy atom. The lowest BCUT2D eigenvalue weighted by atomic mass is 9.99. The molecule has 1 heterocycles. The maximum absolute atomic E-state index is 12.5. The van der Waals surface area contributed by atoms with Gasteiger partial charge in [-0.25, -0.2) is 0 Å². The van der Waals surface area contributed by atoms with Crippen LogP contribution in [-0.2, 0) is 22.4 Å². The molecule has 0 aliphatic heterocycles. The molecule has 2 rings (SSSR count). The maximum atomic E-state index is 12.5. The molecule has 1 unspecified atom stereocenters. The molecule has 1 aromatic heterocycles. The van der Waals surface area contributed by atoms with Crippen molar-refractivity contribution in [2.45, 2.75) is 33.6 Å². The van der Waals surface area contributed by atoms with E-state index in [2.05, 4.69) is 10.5 Å². The van der Waals surface area contributed by atoms with Crippen molar-refractivity contribution in [2.24, 2.45) is 5.92 Å². The number of hydrogen-bond acceptors (Lipinski definition) is 5. The zero-order valence-corrected chi connectivity index (χ0v) is 14.9. The lowest BCUT2D eigenvalue weighted by Gasteiger charge is -2.16. The quantitative estimate of drug-likeness (QED) is 0.745. The molecule has 0 radical (unpaired) electrons. The second-order valence-electron chi connectivity index (χ2n) is 5.76. The minimum Gasteiger partial charge on any atom is -0.466 e. The highest BCUT2D eigenvalue weighted by atomic mass is 16.5. The third-order valence-electron chi connectivity index (χ3n) is 3.95. The SMILES string of the molecule is CCOC(=O)C(CNC(=O)c1c(CC)noc1C)Cc1ccccc1. The van der Waals surface area contributed by atoms with Crippen LogP contribution in [0.15, 0.2) is 34.9 Å². The topological polar surface area (TPSA) is 81.4 Å². The predicted octanol–water partition coefficient (Wildman–Crippen LogP) is 2.70. The van der Waals surface area contributed by atoms with Crippen molar-refractivity contribution in [3.63, 3.8) is 0 Å². The van der Waals surface area contributed by atoms with Crippen LogP contribution in [0.3, 0.4) is 0 Å². The summed E-state index contributed by atoms with van der Waals surface area (Å²) >= 11 is 0. The Bertz CT molecular complexity index is 709. The molecule has 0 fully saturated rings. The van der Waals surface area contributed by atoms with Crippen LogP contribution in [0.2, 0.25) is 0 Å². The number of aryl methyl sites for hydroxylation is 2. The number of ether oxygens (including phenoxy) is 1. The highest BCUT2D eigenvalue weighted by molar-refractivity contribution is 5.96. The molecule has 0 spiro atoms. The Kier molecular flexibility index (Phi) is 6.74. The highest BCUT2D eigenvalue weighted by Gasteiger charge is 2.24. The van der Waals surface area contributed by atoms with Gasteiger partial charge in [-0.05, 0) is 32.3 Å². The van der Waals surface area contributed by atoms with Crippen LogP contribution < -0.4 is 5.32 Å². The number of benzene rings is 1.